The van der Waals surface area contributed by atoms with Crippen LogP contribution in [-0.4, -0.2) is 13.0 Å². The number of benzene rings is 2. The summed E-state index contributed by atoms with van der Waals surface area (Å²) in [5, 5.41) is 0. The molecule has 3 heteroatoms. The Kier molecular flexibility index (Phi) is 5.31. The van der Waals surface area contributed by atoms with Gasteiger partial charge in [0.25, 0.3) is 0 Å². The van der Waals surface area contributed by atoms with E-state index in [1.807, 2.05) is 12.1 Å². The average molecular weight is 388 g/mol. The van der Waals surface area contributed by atoms with Crippen molar-refractivity contribution < 1.29 is 9.47 Å². The molecule has 2 aromatic rings. The van der Waals surface area contributed by atoms with Gasteiger partial charge in [0, 0.05) is 5.92 Å². The third kappa shape index (κ3) is 3.50. The summed E-state index contributed by atoms with van der Waals surface area (Å²) >= 11 is 0. The molecule has 1 heterocycles. The first kappa shape index (κ1) is 19.5. The number of allylic oxidation sites excluding steroid dienone is 3. The maximum absolute atomic E-state index is 6.65. The van der Waals surface area contributed by atoms with Crippen LogP contribution >= 0.6 is 0 Å². The Bertz CT molecular complexity index is 930. The van der Waals surface area contributed by atoms with Gasteiger partial charge in [0.2, 0.25) is 0 Å². The zero-order valence-corrected chi connectivity index (χ0v) is 17.6. The molecular weight excluding hydrogens is 358 g/mol. The van der Waals surface area contributed by atoms with Crippen LogP contribution in [0.2, 0.25) is 0 Å². The molecule has 4 atom stereocenters. The second-order valence-corrected chi connectivity index (χ2v) is 8.38. The van der Waals surface area contributed by atoms with Gasteiger partial charge in [-0.05, 0) is 30.0 Å². The summed E-state index contributed by atoms with van der Waals surface area (Å²) < 4.78 is 12.4. The summed E-state index contributed by atoms with van der Waals surface area (Å²) in [6, 6.07) is 20.8. The minimum absolute atomic E-state index is 0.0662. The summed E-state index contributed by atoms with van der Waals surface area (Å²) in [6.45, 7) is 6.68. The van der Waals surface area contributed by atoms with E-state index < -0.39 is 0 Å². The molecule has 1 aliphatic heterocycles. The van der Waals surface area contributed by atoms with Gasteiger partial charge in [-0.3, -0.25) is 0 Å². The molecule has 0 saturated carbocycles. The molecule has 150 valence electrons. The van der Waals surface area contributed by atoms with Gasteiger partial charge >= 0.3 is 0 Å². The molecule has 1 aliphatic carbocycles. The highest BCUT2D eigenvalue weighted by Gasteiger charge is 2.48. The van der Waals surface area contributed by atoms with Crippen molar-refractivity contribution in [1.29, 1.82) is 0 Å². The quantitative estimate of drug-likeness (QED) is 0.605. The largest absolute Gasteiger partial charge is 0.501 e. The number of aliphatic imine (C=N–C) groups is 1. The molecule has 0 fully saturated rings. The van der Waals surface area contributed by atoms with Gasteiger partial charge < -0.3 is 9.47 Å². The highest BCUT2D eigenvalue weighted by atomic mass is 16.5. The Balaban J connectivity index is 1.77. The third-order valence-electron chi connectivity index (χ3n) is 6.07. The molecule has 0 N–H and O–H groups in total. The van der Waals surface area contributed by atoms with E-state index in [1.165, 1.54) is 5.56 Å². The van der Waals surface area contributed by atoms with Crippen LogP contribution in [0.1, 0.15) is 44.0 Å². The van der Waals surface area contributed by atoms with E-state index in [0.29, 0.717) is 5.92 Å². The predicted octanol–water partition coefficient (Wildman–Crippen LogP) is 6.28. The van der Waals surface area contributed by atoms with Crippen LogP contribution < -0.4 is 0 Å². The second-order valence-electron chi connectivity index (χ2n) is 8.38. The minimum atomic E-state index is -0.356. The van der Waals surface area contributed by atoms with Gasteiger partial charge in [-0.2, -0.15) is 0 Å². The maximum atomic E-state index is 6.65. The molecule has 0 spiro atoms. The first-order valence-corrected chi connectivity index (χ1v) is 10.3. The molecular formula is C26H29NO2. The monoisotopic (exact) mass is 387 g/mol. The fourth-order valence-electron chi connectivity index (χ4n) is 4.73. The van der Waals surface area contributed by atoms with Crippen molar-refractivity contribution >= 4 is 5.90 Å². The lowest BCUT2D eigenvalue weighted by Crippen LogP contribution is -2.40. The van der Waals surface area contributed by atoms with E-state index in [-0.39, 0.29) is 23.5 Å². The Hall–Kier alpha value is -2.81. The standard InChI is InChI=1S/C26H29NO2/c1-18(2)22-21(28-4)16-11-17-26(22,3)25-27-23(19-12-7-5-8-13-19)24(29-25)20-14-9-6-10-15-20/h5-18,22-24H,1-4H3/t22-,23-,24-,26+/m1/s1. The highest BCUT2D eigenvalue weighted by molar-refractivity contribution is 5.87. The fourth-order valence-corrected chi connectivity index (χ4v) is 4.73. The molecule has 0 amide bonds. The van der Waals surface area contributed by atoms with Crippen LogP contribution in [-0.2, 0) is 9.47 Å². The van der Waals surface area contributed by atoms with Crippen molar-refractivity contribution in [1.82, 2.24) is 0 Å². The van der Waals surface area contributed by atoms with Gasteiger partial charge in [0.1, 0.15) is 11.8 Å². The third-order valence-corrected chi connectivity index (χ3v) is 6.07. The van der Waals surface area contributed by atoms with Gasteiger partial charge in [0.15, 0.2) is 12.0 Å². The van der Waals surface area contributed by atoms with Crippen molar-refractivity contribution in [2.24, 2.45) is 22.2 Å². The van der Waals surface area contributed by atoms with Crippen LogP contribution in [0.5, 0.6) is 0 Å². The molecule has 0 bridgehead atoms. The number of methoxy groups -OCH3 is 1. The molecule has 4 rings (SSSR count). The van der Waals surface area contributed by atoms with Crippen LogP contribution in [0.15, 0.2) is 89.6 Å². The predicted molar refractivity (Wildman–Crippen MR) is 118 cm³/mol. The zero-order chi connectivity index (χ0) is 20.4. The topological polar surface area (TPSA) is 30.8 Å². The van der Waals surface area contributed by atoms with Crippen LogP contribution in [0, 0.1) is 17.3 Å². The van der Waals surface area contributed by atoms with Crippen LogP contribution in [0.4, 0.5) is 0 Å². The molecule has 0 aromatic heterocycles. The molecule has 0 saturated heterocycles. The summed E-state index contributed by atoms with van der Waals surface area (Å²) in [6.07, 6.45) is 6.21. The van der Waals surface area contributed by atoms with E-state index in [4.69, 9.17) is 14.5 Å². The number of nitrogens with zero attached hydrogens (tertiary/aromatic N) is 1. The minimum Gasteiger partial charge on any atom is -0.501 e. The van der Waals surface area contributed by atoms with E-state index in [1.54, 1.807) is 7.11 Å². The molecule has 2 aliphatic rings. The summed E-state index contributed by atoms with van der Waals surface area (Å²) in [5.74, 6) is 2.32. The molecule has 2 aromatic carbocycles. The molecule has 29 heavy (non-hydrogen) atoms. The molecule has 0 radical (unpaired) electrons. The molecule has 0 unspecified atom stereocenters. The van der Waals surface area contributed by atoms with Crippen molar-refractivity contribution in [2.75, 3.05) is 7.11 Å². The van der Waals surface area contributed by atoms with Crippen molar-refractivity contribution in [2.45, 2.75) is 32.9 Å². The first-order chi connectivity index (χ1) is 14.0. The number of rotatable bonds is 5. The normalized spacial score (nSPS) is 28.7. The lowest BCUT2D eigenvalue weighted by atomic mass is 9.68. The van der Waals surface area contributed by atoms with E-state index >= 15 is 0 Å². The van der Waals surface area contributed by atoms with Crippen LogP contribution in [0.25, 0.3) is 0 Å². The second kappa shape index (κ2) is 7.90. The summed E-state index contributed by atoms with van der Waals surface area (Å²) in [7, 11) is 1.75. The van der Waals surface area contributed by atoms with Gasteiger partial charge in [0.05, 0.1) is 12.5 Å². The van der Waals surface area contributed by atoms with Gasteiger partial charge in [-0.1, -0.05) is 86.7 Å². The lowest BCUT2D eigenvalue weighted by molar-refractivity contribution is 0.128. The first-order valence-electron chi connectivity index (χ1n) is 10.3. The smallest absolute Gasteiger partial charge is 0.195 e. The number of hydrogen-bond acceptors (Lipinski definition) is 3. The Morgan fingerprint density at radius 2 is 1.59 bits per heavy atom. The van der Waals surface area contributed by atoms with Crippen LogP contribution in [0.3, 0.4) is 0 Å². The highest BCUT2D eigenvalue weighted by Crippen LogP contribution is 2.50. The number of ether oxygens (including phenoxy) is 2. The average Bonchev–Trinajstić information content (AvgIpc) is 3.21. The van der Waals surface area contributed by atoms with E-state index in [9.17, 15) is 0 Å². The lowest BCUT2D eigenvalue weighted by Gasteiger charge is -2.39. The maximum Gasteiger partial charge on any atom is 0.195 e. The number of hydrogen-bond donors (Lipinski definition) is 0. The van der Waals surface area contributed by atoms with E-state index in [0.717, 1.165) is 17.2 Å². The fraction of sp³-hybridized carbons (Fsp3) is 0.346. The summed E-state index contributed by atoms with van der Waals surface area (Å²) in [5.41, 5.74) is 1.96. The Labute approximate surface area is 173 Å². The van der Waals surface area contributed by atoms with Gasteiger partial charge in [-0.15, -0.1) is 0 Å². The van der Waals surface area contributed by atoms with E-state index in [2.05, 4.69) is 87.5 Å². The van der Waals surface area contributed by atoms with Crippen molar-refractivity contribution in [3.05, 3.63) is 95.8 Å². The summed E-state index contributed by atoms with van der Waals surface area (Å²) in [4.78, 5) is 5.17. The Morgan fingerprint density at radius 1 is 0.966 bits per heavy atom. The zero-order valence-electron chi connectivity index (χ0n) is 17.6. The Morgan fingerprint density at radius 3 is 2.17 bits per heavy atom. The van der Waals surface area contributed by atoms with Crippen molar-refractivity contribution in [3.8, 4) is 0 Å². The molecule has 3 nitrogen and oxygen atoms in total. The SMILES string of the molecule is COC1=CC=C[C@](C)(C2=N[C@H](c3ccccc3)[C@@H](c3ccccc3)O2)[C@@H]1C(C)C. The van der Waals surface area contributed by atoms with Gasteiger partial charge in [-0.25, -0.2) is 4.99 Å². The van der Waals surface area contributed by atoms with Crippen molar-refractivity contribution in [3.63, 3.8) is 0 Å².